The summed E-state index contributed by atoms with van der Waals surface area (Å²) < 4.78 is 0. The molecule has 2 aromatic rings. The molecule has 1 atom stereocenters. The van der Waals surface area contributed by atoms with Crippen LogP contribution in [-0.4, -0.2) is 30.0 Å². The van der Waals surface area contributed by atoms with Crippen molar-refractivity contribution in [2.75, 3.05) is 13.1 Å². The van der Waals surface area contributed by atoms with E-state index in [9.17, 15) is 4.79 Å². The number of aromatic nitrogens is 1. The maximum atomic E-state index is 12.1. The van der Waals surface area contributed by atoms with Crippen LogP contribution in [0.4, 0.5) is 0 Å². The smallest absolute Gasteiger partial charge is 0.269 e. The Morgan fingerprint density at radius 1 is 1.40 bits per heavy atom. The van der Waals surface area contributed by atoms with Crippen molar-refractivity contribution in [2.24, 2.45) is 0 Å². The van der Waals surface area contributed by atoms with Crippen LogP contribution < -0.4 is 10.6 Å². The lowest BCUT2D eigenvalue weighted by Gasteiger charge is -2.11. The van der Waals surface area contributed by atoms with Crippen molar-refractivity contribution < 1.29 is 4.79 Å². The molecule has 0 bridgehead atoms. The molecule has 4 nitrogen and oxygen atoms in total. The number of nitrogens with zero attached hydrogens (tertiary/aromatic N) is 1. The Morgan fingerprint density at radius 3 is 3.05 bits per heavy atom. The number of hydrogen-bond donors (Lipinski definition) is 2. The predicted molar refractivity (Wildman–Crippen MR) is 80.1 cm³/mol. The van der Waals surface area contributed by atoms with Crippen LogP contribution in [0.5, 0.6) is 0 Å². The highest BCUT2D eigenvalue weighted by atomic mass is 35.5. The molecule has 1 aliphatic rings. The molecule has 1 aromatic heterocycles. The van der Waals surface area contributed by atoms with Crippen LogP contribution in [0.25, 0.3) is 10.9 Å². The fourth-order valence-corrected chi connectivity index (χ4v) is 2.62. The first-order chi connectivity index (χ1) is 9.72. The molecule has 2 N–H and O–H groups in total. The van der Waals surface area contributed by atoms with Gasteiger partial charge in [0.15, 0.2) is 0 Å². The van der Waals surface area contributed by atoms with Crippen LogP contribution in [-0.2, 0) is 0 Å². The molecule has 3 rings (SSSR count). The Bertz CT molecular complexity index is 638. The topological polar surface area (TPSA) is 54.0 Å². The van der Waals surface area contributed by atoms with E-state index in [4.69, 9.17) is 11.6 Å². The van der Waals surface area contributed by atoms with E-state index in [0.717, 1.165) is 23.9 Å². The Hall–Kier alpha value is -1.65. The van der Waals surface area contributed by atoms with E-state index in [-0.39, 0.29) is 5.91 Å². The number of carbonyl (C=O) groups is 1. The van der Waals surface area contributed by atoms with Gasteiger partial charge in [-0.3, -0.25) is 4.79 Å². The lowest BCUT2D eigenvalue weighted by molar-refractivity contribution is 0.0945. The minimum absolute atomic E-state index is 0.138. The SMILES string of the molecule is O=C(NCC1CCCN1)c1ccc2ccc(Cl)cc2n1. The van der Waals surface area contributed by atoms with Gasteiger partial charge in [-0.15, -0.1) is 0 Å². The molecule has 0 aliphatic carbocycles. The first-order valence-corrected chi connectivity index (χ1v) is 7.18. The molecule has 2 heterocycles. The van der Waals surface area contributed by atoms with E-state index in [1.165, 1.54) is 6.42 Å². The summed E-state index contributed by atoms with van der Waals surface area (Å²) in [5.74, 6) is -0.138. The lowest BCUT2D eigenvalue weighted by Crippen LogP contribution is -2.37. The van der Waals surface area contributed by atoms with Crippen LogP contribution in [0, 0.1) is 0 Å². The van der Waals surface area contributed by atoms with E-state index in [1.807, 2.05) is 18.2 Å². The second kappa shape index (κ2) is 5.77. The van der Waals surface area contributed by atoms with Crippen molar-refractivity contribution in [1.82, 2.24) is 15.6 Å². The molecule has 0 radical (unpaired) electrons. The zero-order valence-electron chi connectivity index (χ0n) is 11.0. The van der Waals surface area contributed by atoms with Gasteiger partial charge in [-0.2, -0.15) is 0 Å². The van der Waals surface area contributed by atoms with Crippen LogP contribution in [0.3, 0.4) is 0 Å². The highest BCUT2D eigenvalue weighted by molar-refractivity contribution is 6.31. The maximum absolute atomic E-state index is 12.1. The largest absolute Gasteiger partial charge is 0.349 e. The zero-order valence-corrected chi connectivity index (χ0v) is 11.8. The van der Waals surface area contributed by atoms with Gasteiger partial charge in [-0.25, -0.2) is 4.98 Å². The molecule has 1 aromatic carbocycles. The number of pyridine rings is 1. The third-order valence-corrected chi connectivity index (χ3v) is 3.79. The highest BCUT2D eigenvalue weighted by Crippen LogP contribution is 2.18. The van der Waals surface area contributed by atoms with Crippen LogP contribution >= 0.6 is 11.6 Å². The molecule has 1 fully saturated rings. The summed E-state index contributed by atoms with van der Waals surface area (Å²) in [6.45, 7) is 1.68. The summed E-state index contributed by atoms with van der Waals surface area (Å²) in [7, 11) is 0. The fraction of sp³-hybridized carbons (Fsp3) is 0.333. The third-order valence-electron chi connectivity index (χ3n) is 3.56. The summed E-state index contributed by atoms with van der Waals surface area (Å²) >= 11 is 5.95. The van der Waals surface area contributed by atoms with Crippen molar-refractivity contribution >= 4 is 28.4 Å². The van der Waals surface area contributed by atoms with Crippen molar-refractivity contribution in [3.63, 3.8) is 0 Å². The minimum Gasteiger partial charge on any atom is -0.349 e. The molecular formula is C15H16ClN3O. The second-order valence-corrected chi connectivity index (χ2v) is 5.47. The first kappa shape index (κ1) is 13.3. The summed E-state index contributed by atoms with van der Waals surface area (Å²) in [4.78, 5) is 16.5. The van der Waals surface area contributed by atoms with Gasteiger partial charge in [0.25, 0.3) is 5.91 Å². The Kier molecular flexibility index (Phi) is 3.85. The molecule has 104 valence electrons. The number of benzene rings is 1. The molecule has 1 unspecified atom stereocenters. The standard InChI is InChI=1S/C15H16ClN3O/c16-11-5-3-10-4-6-13(19-14(10)8-11)15(20)18-9-12-2-1-7-17-12/h3-6,8,12,17H,1-2,7,9H2,(H,18,20). The number of nitrogens with one attached hydrogen (secondary N) is 2. The number of amides is 1. The van der Waals surface area contributed by atoms with Crippen molar-refractivity contribution in [3.8, 4) is 0 Å². The molecule has 1 aliphatic heterocycles. The van der Waals surface area contributed by atoms with Gasteiger partial charge in [0.05, 0.1) is 5.52 Å². The van der Waals surface area contributed by atoms with Gasteiger partial charge in [0, 0.05) is 23.0 Å². The normalized spacial score (nSPS) is 18.4. The van der Waals surface area contributed by atoms with E-state index in [1.54, 1.807) is 12.1 Å². The van der Waals surface area contributed by atoms with E-state index < -0.39 is 0 Å². The van der Waals surface area contributed by atoms with Gasteiger partial charge >= 0.3 is 0 Å². The number of halogens is 1. The number of fused-ring (bicyclic) bond motifs is 1. The summed E-state index contributed by atoms with van der Waals surface area (Å²) in [6, 6.07) is 9.50. The number of rotatable bonds is 3. The maximum Gasteiger partial charge on any atom is 0.269 e. The van der Waals surface area contributed by atoms with Gasteiger partial charge in [0.2, 0.25) is 0 Å². The monoisotopic (exact) mass is 289 g/mol. The fourth-order valence-electron chi connectivity index (χ4n) is 2.45. The van der Waals surface area contributed by atoms with Crippen LogP contribution in [0.15, 0.2) is 30.3 Å². The average Bonchev–Trinajstić information content (AvgIpc) is 2.97. The summed E-state index contributed by atoms with van der Waals surface area (Å²) in [6.07, 6.45) is 2.29. The van der Waals surface area contributed by atoms with Gasteiger partial charge in [0.1, 0.15) is 5.69 Å². The van der Waals surface area contributed by atoms with Crippen LogP contribution in [0.2, 0.25) is 5.02 Å². The molecule has 0 saturated carbocycles. The van der Waals surface area contributed by atoms with Gasteiger partial charge in [-0.1, -0.05) is 23.7 Å². The molecule has 1 amide bonds. The quantitative estimate of drug-likeness (QED) is 0.912. The highest BCUT2D eigenvalue weighted by Gasteiger charge is 2.15. The minimum atomic E-state index is -0.138. The van der Waals surface area contributed by atoms with Crippen LogP contribution in [0.1, 0.15) is 23.3 Å². The van der Waals surface area contributed by atoms with Gasteiger partial charge < -0.3 is 10.6 Å². The van der Waals surface area contributed by atoms with Crippen molar-refractivity contribution in [1.29, 1.82) is 0 Å². The Balaban J connectivity index is 1.73. The molecule has 20 heavy (non-hydrogen) atoms. The third kappa shape index (κ3) is 2.92. The van der Waals surface area contributed by atoms with Crippen molar-refractivity contribution in [2.45, 2.75) is 18.9 Å². The van der Waals surface area contributed by atoms with E-state index >= 15 is 0 Å². The number of hydrogen-bond acceptors (Lipinski definition) is 3. The number of carbonyl (C=O) groups excluding carboxylic acids is 1. The first-order valence-electron chi connectivity index (χ1n) is 6.80. The molecule has 0 spiro atoms. The summed E-state index contributed by atoms with van der Waals surface area (Å²) in [5.41, 5.74) is 1.17. The predicted octanol–water partition coefficient (Wildman–Crippen LogP) is 2.37. The van der Waals surface area contributed by atoms with Gasteiger partial charge in [-0.05, 0) is 37.6 Å². The molecular weight excluding hydrogens is 274 g/mol. The Morgan fingerprint density at radius 2 is 2.25 bits per heavy atom. The van der Waals surface area contributed by atoms with E-state index in [0.29, 0.717) is 23.3 Å². The Labute approximate surface area is 122 Å². The average molecular weight is 290 g/mol. The zero-order chi connectivity index (χ0) is 13.9. The second-order valence-electron chi connectivity index (χ2n) is 5.04. The lowest BCUT2D eigenvalue weighted by atomic mass is 10.2. The van der Waals surface area contributed by atoms with Crippen molar-refractivity contribution in [3.05, 3.63) is 41.0 Å². The summed E-state index contributed by atoms with van der Waals surface area (Å²) in [5, 5.41) is 7.87. The molecule has 1 saturated heterocycles. The van der Waals surface area contributed by atoms with E-state index in [2.05, 4.69) is 15.6 Å². The molecule has 5 heteroatoms.